The number of Topliss-reactive ketones (excluding diaryl/α,β-unsaturated/α-hetero) is 1. The fourth-order valence-corrected chi connectivity index (χ4v) is 2.26. The molecule has 15 heavy (non-hydrogen) atoms. The molecule has 0 fully saturated rings. The Bertz CT molecular complexity index is 311. The van der Waals surface area contributed by atoms with Crippen molar-refractivity contribution in [2.24, 2.45) is 0 Å². The van der Waals surface area contributed by atoms with Crippen LogP contribution in [0, 0.1) is 0 Å². The van der Waals surface area contributed by atoms with Gasteiger partial charge in [0, 0.05) is 19.5 Å². The van der Waals surface area contributed by atoms with E-state index in [-0.39, 0.29) is 11.8 Å². The average Bonchev–Trinajstić information content (AvgIpc) is 2.14. The fraction of sp³-hybridized carbons (Fsp3) is 0.889. The third-order valence-corrected chi connectivity index (χ3v) is 4.09. The molecule has 0 saturated heterocycles. The molecule has 0 bridgehead atoms. The molecule has 0 spiro atoms. The van der Waals surface area contributed by atoms with Crippen molar-refractivity contribution in [3.05, 3.63) is 0 Å². The SMILES string of the molecule is CCC(=O)C(C)NS(=O)(=O)N(C)C(C)C. The van der Waals surface area contributed by atoms with E-state index in [1.54, 1.807) is 27.7 Å². The van der Waals surface area contributed by atoms with Crippen LogP contribution in [-0.2, 0) is 15.0 Å². The minimum atomic E-state index is -3.55. The van der Waals surface area contributed by atoms with Gasteiger partial charge in [0.25, 0.3) is 10.2 Å². The number of hydrogen-bond donors (Lipinski definition) is 1. The van der Waals surface area contributed by atoms with E-state index >= 15 is 0 Å². The highest BCUT2D eigenvalue weighted by Crippen LogP contribution is 2.02. The molecule has 0 heterocycles. The number of carbonyl (C=O) groups excluding carboxylic acids is 1. The summed E-state index contributed by atoms with van der Waals surface area (Å²) in [5.74, 6) is -0.115. The smallest absolute Gasteiger partial charge is 0.280 e. The number of nitrogens with zero attached hydrogens (tertiary/aromatic N) is 1. The van der Waals surface area contributed by atoms with Gasteiger partial charge < -0.3 is 0 Å². The van der Waals surface area contributed by atoms with Gasteiger partial charge in [0.05, 0.1) is 6.04 Å². The van der Waals surface area contributed by atoms with E-state index in [0.717, 1.165) is 0 Å². The lowest BCUT2D eigenvalue weighted by Crippen LogP contribution is -2.47. The van der Waals surface area contributed by atoms with Crippen molar-refractivity contribution in [2.45, 2.75) is 46.2 Å². The van der Waals surface area contributed by atoms with E-state index in [9.17, 15) is 13.2 Å². The Hall–Kier alpha value is -0.460. The molecule has 0 aromatic carbocycles. The number of hydrogen-bond acceptors (Lipinski definition) is 3. The van der Waals surface area contributed by atoms with Gasteiger partial charge in [-0.3, -0.25) is 4.79 Å². The first-order valence-corrected chi connectivity index (χ1v) is 6.44. The minimum absolute atomic E-state index is 0.115. The first-order chi connectivity index (χ1) is 6.72. The highest BCUT2D eigenvalue weighted by atomic mass is 32.2. The maximum Gasteiger partial charge on any atom is 0.280 e. The summed E-state index contributed by atoms with van der Waals surface area (Å²) >= 11 is 0. The van der Waals surface area contributed by atoms with Crippen molar-refractivity contribution in [3.8, 4) is 0 Å². The monoisotopic (exact) mass is 236 g/mol. The Labute approximate surface area is 92.0 Å². The van der Waals surface area contributed by atoms with Gasteiger partial charge in [-0.15, -0.1) is 0 Å². The normalized spacial score (nSPS) is 14.6. The lowest BCUT2D eigenvalue weighted by molar-refractivity contribution is -0.120. The van der Waals surface area contributed by atoms with Crippen molar-refractivity contribution in [1.29, 1.82) is 0 Å². The zero-order chi connectivity index (χ0) is 12.2. The molecule has 0 saturated carbocycles. The molecule has 90 valence electrons. The second kappa shape index (κ2) is 5.58. The Morgan fingerprint density at radius 3 is 2.13 bits per heavy atom. The summed E-state index contributed by atoms with van der Waals surface area (Å²) in [5, 5.41) is 0. The number of rotatable bonds is 6. The van der Waals surface area contributed by atoms with Crippen molar-refractivity contribution >= 4 is 16.0 Å². The van der Waals surface area contributed by atoms with Gasteiger partial charge >= 0.3 is 0 Å². The summed E-state index contributed by atoms with van der Waals surface area (Å²) in [4.78, 5) is 11.2. The van der Waals surface area contributed by atoms with Gasteiger partial charge in [0.15, 0.2) is 0 Å². The van der Waals surface area contributed by atoms with Crippen molar-refractivity contribution in [3.63, 3.8) is 0 Å². The molecule has 0 radical (unpaired) electrons. The molecule has 0 rings (SSSR count). The van der Waals surface area contributed by atoms with Crippen LogP contribution in [0.4, 0.5) is 0 Å². The van der Waals surface area contributed by atoms with E-state index in [4.69, 9.17) is 0 Å². The van der Waals surface area contributed by atoms with Gasteiger partial charge in [0.2, 0.25) is 0 Å². The molecular weight excluding hydrogens is 216 g/mol. The highest BCUT2D eigenvalue weighted by Gasteiger charge is 2.24. The molecule has 0 aromatic rings. The lowest BCUT2D eigenvalue weighted by atomic mass is 10.2. The topological polar surface area (TPSA) is 66.5 Å². The van der Waals surface area contributed by atoms with Gasteiger partial charge in [-0.1, -0.05) is 6.92 Å². The molecule has 0 aliphatic heterocycles. The van der Waals surface area contributed by atoms with Crippen LogP contribution in [0.15, 0.2) is 0 Å². The van der Waals surface area contributed by atoms with Crippen LogP contribution in [0.25, 0.3) is 0 Å². The first kappa shape index (κ1) is 14.5. The summed E-state index contributed by atoms with van der Waals surface area (Å²) in [6.45, 7) is 6.80. The van der Waals surface area contributed by atoms with Crippen LogP contribution in [-0.4, -0.2) is 37.6 Å². The first-order valence-electron chi connectivity index (χ1n) is 5.00. The molecule has 5 nitrogen and oxygen atoms in total. The number of ketones is 1. The van der Waals surface area contributed by atoms with Gasteiger partial charge in [-0.05, 0) is 20.8 Å². The largest absolute Gasteiger partial charge is 0.298 e. The lowest BCUT2D eigenvalue weighted by Gasteiger charge is -2.23. The predicted molar refractivity (Wildman–Crippen MR) is 59.7 cm³/mol. The summed E-state index contributed by atoms with van der Waals surface area (Å²) in [6.07, 6.45) is 0.328. The van der Waals surface area contributed by atoms with Crippen molar-refractivity contribution in [1.82, 2.24) is 9.03 Å². The average molecular weight is 236 g/mol. The van der Waals surface area contributed by atoms with Crippen LogP contribution < -0.4 is 4.72 Å². The maximum atomic E-state index is 11.7. The zero-order valence-electron chi connectivity index (χ0n) is 9.94. The van der Waals surface area contributed by atoms with Crippen molar-refractivity contribution < 1.29 is 13.2 Å². The van der Waals surface area contributed by atoms with E-state index in [0.29, 0.717) is 6.42 Å². The Kier molecular flexibility index (Phi) is 5.41. The minimum Gasteiger partial charge on any atom is -0.298 e. The zero-order valence-corrected chi connectivity index (χ0v) is 10.8. The summed E-state index contributed by atoms with van der Waals surface area (Å²) in [7, 11) is -2.07. The number of carbonyl (C=O) groups is 1. The van der Waals surface area contributed by atoms with Gasteiger partial charge in [-0.2, -0.15) is 17.4 Å². The summed E-state index contributed by atoms with van der Waals surface area (Å²) < 4.78 is 26.9. The fourth-order valence-electron chi connectivity index (χ4n) is 0.956. The Balaban J connectivity index is 4.59. The highest BCUT2D eigenvalue weighted by molar-refractivity contribution is 7.87. The summed E-state index contributed by atoms with van der Waals surface area (Å²) in [6, 6.07) is -0.798. The van der Waals surface area contributed by atoms with E-state index < -0.39 is 16.3 Å². The van der Waals surface area contributed by atoms with Crippen LogP contribution in [0.2, 0.25) is 0 Å². The Morgan fingerprint density at radius 1 is 1.33 bits per heavy atom. The van der Waals surface area contributed by atoms with Crippen LogP contribution in [0.3, 0.4) is 0 Å². The van der Waals surface area contributed by atoms with E-state index in [2.05, 4.69) is 4.72 Å². The third-order valence-electron chi connectivity index (χ3n) is 2.26. The summed E-state index contributed by atoms with van der Waals surface area (Å²) in [5.41, 5.74) is 0. The molecular formula is C9H20N2O3S. The molecule has 1 N–H and O–H groups in total. The second-order valence-corrected chi connectivity index (χ2v) is 5.54. The molecule has 0 aromatic heterocycles. The maximum absolute atomic E-state index is 11.7. The Morgan fingerprint density at radius 2 is 1.80 bits per heavy atom. The molecule has 6 heteroatoms. The predicted octanol–water partition coefficient (Wildman–Crippen LogP) is 0.529. The van der Waals surface area contributed by atoms with Gasteiger partial charge in [0.1, 0.15) is 5.78 Å². The molecule has 0 aliphatic carbocycles. The van der Waals surface area contributed by atoms with E-state index in [1.807, 2.05) is 0 Å². The molecule has 0 amide bonds. The standard InChI is InChI=1S/C9H20N2O3S/c1-6-9(12)8(4)10-15(13,14)11(5)7(2)3/h7-8,10H,6H2,1-5H3. The molecule has 1 unspecified atom stereocenters. The van der Waals surface area contributed by atoms with E-state index in [1.165, 1.54) is 11.4 Å². The van der Waals surface area contributed by atoms with Crippen molar-refractivity contribution in [2.75, 3.05) is 7.05 Å². The molecule has 0 aliphatic rings. The van der Waals surface area contributed by atoms with Crippen LogP contribution >= 0.6 is 0 Å². The molecule has 1 atom stereocenters. The third kappa shape index (κ3) is 4.27. The van der Waals surface area contributed by atoms with Crippen LogP contribution in [0.5, 0.6) is 0 Å². The second-order valence-electron chi connectivity index (χ2n) is 3.77. The van der Waals surface area contributed by atoms with Crippen LogP contribution in [0.1, 0.15) is 34.1 Å². The number of nitrogens with one attached hydrogen (secondary N) is 1. The quantitative estimate of drug-likeness (QED) is 0.731. The van der Waals surface area contributed by atoms with Gasteiger partial charge in [-0.25, -0.2) is 0 Å².